The Labute approximate surface area is 101 Å². The first-order chi connectivity index (χ1) is 7.09. The first kappa shape index (κ1) is 12.6. The standard InChI is InChI=1S/C11H16Cl2N2/c1-8(14)3-2-6-15-11-5-4-9(12)7-10(11)13/h4-5,7-8,15H,2-3,6,14H2,1H3. The van der Waals surface area contributed by atoms with Crippen LogP contribution in [0.15, 0.2) is 18.2 Å². The van der Waals surface area contributed by atoms with Crippen molar-refractivity contribution in [2.24, 2.45) is 5.73 Å². The Morgan fingerprint density at radius 3 is 2.73 bits per heavy atom. The van der Waals surface area contributed by atoms with E-state index in [1.54, 1.807) is 6.07 Å². The van der Waals surface area contributed by atoms with Gasteiger partial charge in [0.15, 0.2) is 0 Å². The van der Waals surface area contributed by atoms with Crippen molar-refractivity contribution in [2.45, 2.75) is 25.8 Å². The van der Waals surface area contributed by atoms with Gasteiger partial charge < -0.3 is 11.1 Å². The van der Waals surface area contributed by atoms with Crippen LogP contribution < -0.4 is 11.1 Å². The summed E-state index contributed by atoms with van der Waals surface area (Å²) < 4.78 is 0. The van der Waals surface area contributed by atoms with Crippen LogP contribution >= 0.6 is 23.2 Å². The molecule has 0 bridgehead atoms. The van der Waals surface area contributed by atoms with Crippen LogP contribution in [-0.2, 0) is 0 Å². The molecule has 84 valence electrons. The van der Waals surface area contributed by atoms with Gasteiger partial charge in [-0.15, -0.1) is 0 Å². The largest absolute Gasteiger partial charge is 0.384 e. The van der Waals surface area contributed by atoms with Gasteiger partial charge in [-0.25, -0.2) is 0 Å². The van der Waals surface area contributed by atoms with Gasteiger partial charge in [-0.3, -0.25) is 0 Å². The van der Waals surface area contributed by atoms with Crippen molar-refractivity contribution in [1.29, 1.82) is 0 Å². The van der Waals surface area contributed by atoms with Crippen LogP contribution in [0.3, 0.4) is 0 Å². The van der Waals surface area contributed by atoms with E-state index in [0.29, 0.717) is 10.0 Å². The quantitative estimate of drug-likeness (QED) is 0.781. The molecule has 0 spiro atoms. The van der Waals surface area contributed by atoms with E-state index in [0.717, 1.165) is 25.1 Å². The van der Waals surface area contributed by atoms with Crippen LogP contribution in [0.1, 0.15) is 19.8 Å². The minimum atomic E-state index is 0.257. The molecule has 0 aliphatic heterocycles. The average Bonchev–Trinajstić information content (AvgIpc) is 2.14. The number of anilines is 1. The Balaban J connectivity index is 2.37. The van der Waals surface area contributed by atoms with Crippen LogP contribution in [0.4, 0.5) is 5.69 Å². The number of nitrogens with one attached hydrogen (secondary N) is 1. The normalized spacial score (nSPS) is 12.5. The maximum Gasteiger partial charge on any atom is 0.0652 e. The zero-order valence-corrected chi connectivity index (χ0v) is 10.3. The lowest BCUT2D eigenvalue weighted by Crippen LogP contribution is -2.16. The predicted octanol–water partition coefficient (Wildman–Crippen LogP) is 3.53. The summed E-state index contributed by atoms with van der Waals surface area (Å²) in [5.74, 6) is 0. The second-order valence-electron chi connectivity index (χ2n) is 3.67. The number of halogens is 2. The average molecular weight is 247 g/mol. The van der Waals surface area contributed by atoms with Crippen molar-refractivity contribution in [3.05, 3.63) is 28.2 Å². The van der Waals surface area contributed by atoms with E-state index < -0.39 is 0 Å². The fourth-order valence-electron chi connectivity index (χ4n) is 1.28. The summed E-state index contributed by atoms with van der Waals surface area (Å²) in [4.78, 5) is 0. The van der Waals surface area contributed by atoms with Crippen LogP contribution in [0.25, 0.3) is 0 Å². The van der Waals surface area contributed by atoms with E-state index in [-0.39, 0.29) is 6.04 Å². The van der Waals surface area contributed by atoms with Crippen molar-refractivity contribution in [3.63, 3.8) is 0 Å². The van der Waals surface area contributed by atoms with Gasteiger partial charge in [0.25, 0.3) is 0 Å². The van der Waals surface area contributed by atoms with Crippen molar-refractivity contribution >= 4 is 28.9 Å². The highest BCUT2D eigenvalue weighted by atomic mass is 35.5. The highest BCUT2D eigenvalue weighted by Crippen LogP contribution is 2.25. The van der Waals surface area contributed by atoms with Crippen molar-refractivity contribution < 1.29 is 0 Å². The van der Waals surface area contributed by atoms with E-state index in [9.17, 15) is 0 Å². The summed E-state index contributed by atoms with van der Waals surface area (Å²) in [6.07, 6.45) is 2.05. The van der Waals surface area contributed by atoms with Gasteiger partial charge in [0.2, 0.25) is 0 Å². The minimum Gasteiger partial charge on any atom is -0.384 e. The fourth-order valence-corrected chi connectivity index (χ4v) is 1.76. The molecule has 1 unspecified atom stereocenters. The summed E-state index contributed by atoms with van der Waals surface area (Å²) >= 11 is 11.8. The van der Waals surface area contributed by atoms with Crippen LogP contribution in [0.2, 0.25) is 10.0 Å². The Morgan fingerprint density at radius 2 is 2.13 bits per heavy atom. The van der Waals surface area contributed by atoms with Gasteiger partial charge >= 0.3 is 0 Å². The molecule has 0 aromatic heterocycles. The van der Waals surface area contributed by atoms with Gasteiger partial charge in [0.05, 0.1) is 10.7 Å². The Bertz CT molecular complexity index is 313. The van der Waals surface area contributed by atoms with Crippen LogP contribution in [0, 0.1) is 0 Å². The van der Waals surface area contributed by atoms with Gasteiger partial charge in [0.1, 0.15) is 0 Å². The molecular weight excluding hydrogens is 231 g/mol. The molecule has 4 heteroatoms. The van der Waals surface area contributed by atoms with E-state index in [2.05, 4.69) is 5.32 Å². The summed E-state index contributed by atoms with van der Waals surface area (Å²) in [5.41, 5.74) is 6.57. The molecule has 0 aliphatic carbocycles. The fraction of sp³-hybridized carbons (Fsp3) is 0.455. The summed E-state index contributed by atoms with van der Waals surface area (Å²) in [7, 11) is 0. The van der Waals surface area contributed by atoms with Crippen LogP contribution in [0.5, 0.6) is 0 Å². The maximum atomic E-state index is 6.00. The van der Waals surface area contributed by atoms with Gasteiger partial charge in [-0.05, 0) is 38.0 Å². The third-order valence-corrected chi connectivity index (χ3v) is 2.63. The lowest BCUT2D eigenvalue weighted by atomic mass is 10.2. The zero-order chi connectivity index (χ0) is 11.3. The molecule has 1 atom stereocenters. The number of hydrogen-bond acceptors (Lipinski definition) is 2. The number of rotatable bonds is 5. The van der Waals surface area contributed by atoms with Gasteiger partial charge in [0, 0.05) is 17.6 Å². The summed E-state index contributed by atoms with van der Waals surface area (Å²) in [6, 6.07) is 5.70. The van der Waals surface area contributed by atoms with E-state index in [4.69, 9.17) is 28.9 Å². The molecule has 0 heterocycles. The van der Waals surface area contributed by atoms with Crippen molar-refractivity contribution in [2.75, 3.05) is 11.9 Å². The molecule has 1 rings (SSSR count). The molecule has 15 heavy (non-hydrogen) atoms. The molecule has 0 fully saturated rings. The molecule has 2 nitrogen and oxygen atoms in total. The Kier molecular flexibility index (Phi) is 5.23. The van der Waals surface area contributed by atoms with E-state index >= 15 is 0 Å². The molecule has 0 saturated heterocycles. The lowest BCUT2D eigenvalue weighted by molar-refractivity contribution is 0.639. The van der Waals surface area contributed by atoms with Crippen molar-refractivity contribution in [1.82, 2.24) is 0 Å². The second kappa shape index (κ2) is 6.21. The van der Waals surface area contributed by atoms with Crippen LogP contribution in [-0.4, -0.2) is 12.6 Å². The highest BCUT2D eigenvalue weighted by molar-refractivity contribution is 6.36. The third kappa shape index (κ3) is 4.74. The van der Waals surface area contributed by atoms with Gasteiger partial charge in [-0.2, -0.15) is 0 Å². The molecule has 0 amide bonds. The van der Waals surface area contributed by atoms with Gasteiger partial charge in [-0.1, -0.05) is 23.2 Å². The minimum absolute atomic E-state index is 0.257. The summed E-state index contributed by atoms with van der Waals surface area (Å²) in [6.45, 7) is 2.89. The van der Waals surface area contributed by atoms with Crippen molar-refractivity contribution in [3.8, 4) is 0 Å². The number of benzene rings is 1. The molecule has 0 aliphatic rings. The van der Waals surface area contributed by atoms with E-state index in [1.165, 1.54) is 0 Å². The first-order valence-corrected chi connectivity index (χ1v) is 5.79. The maximum absolute atomic E-state index is 6.00. The predicted molar refractivity (Wildman–Crippen MR) is 67.8 cm³/mol. The molecule has 1 aromatic carbocycles. The molecule has 1 aromatic rings. The number of nitrogens with two attached hydrogens (primary N) is 1. The highest BCUT2D eigenvalue weighted by Gasteiger charge is 2.00. The first-order valence-electron chi connectivity index (χ1n) is 5.04. The lowest BCUT2D eigenvalue weighted by Gasteiger charge is -2.09. The Hall–Kier alpha value is -0.440. The smallest absolute Gasteiger partial charge is 0.0652 e. The monoisotopic (exact) mass is 246 g/mol. The SMILES string of the molecule is CC(N)CCCNc1ccc(Cl)cc1Cl. The van der Waals surface area contributed by atoms with E-state index in [1.807, 2.05) is 19.1 Å². The molecule has 3 N–H and O–H groups in total. The topological polar surface area (TPSA) is 38.0 Å². The zero-order valence-electron chi connectivity index (χ0n) is 8.76. The second-order valence-corrected chi connectivity index (χ2v) is 4.51. The third-order valence-electron chi connectivity index (χ3n) is 2.08. The molecule has 0 radical (unpaired) electrons. The Morgan fingerprint density at radius 1 is 1.40 bits per heavy atom. The molecule has 0 saturated carbocycles. The summed E-state index contributed by atoms with van der Waals surface area (Å²) in [5, 5.41) is 4.56. The molecular formula is C11H16Cl2N2. The number of hydrogen-bond donors (Lipinski definition) is 2.